The number of carbonyl (C=O) groups is 1. The van der Waals surface area contributed by atoms with Crippen molar-refractivity contribution in [2.24, 2.45) is 0 Å². The number of aryl methyl sites for hydroxylation is 2. The number of nitrogens with zero attached hydrogens (tertiary/aromatic N) is 1. The molecule has 0 aliphatic heterocycles. The van der Waals surface area contributed by atoms with Crippen molar-refractivity contribution >= 4 is 21.6 Å². The first kappa shape index (κ1) is 19.0. The van der Waals surface area contributed by atoms with Gasteiger partial charge in [0.1, 0.15) is 0 Å². The summed E-state index contributed by atoms with van der Waals surface area (Å²) in [7, 11) is -1.84. The molecule has 5 nitrogen and oxygen atoms in total. The third-order valence-corrected chi connectivity index (χ3v) is 5.41. The van der Waals surface area contributed by atoms with Crippen LogP contribution in [0.3, 0.4) is 0 Å². The van der Waals surface area contributed by atoms with Crippen molar-refractivity contribution in [1.29, 1.82) is 0 Å². The Labute approximate surface area is 149 Å². The van der Waals surface area contributed by atoms with E-state index < -0.39 is 10.0 Å². The molecule has 1 amide bonds. The zero-order valence-electron chi connectivity index (χ0n) is 15.2. The molecule has 0 unspecified atom stereocenters. The summed E-state index contributed by atoms with van der Waals surface area (Å²) in [4.78, 5) is 12.5. The monoisotopic (exact) mass is 360 g/mol. The number of hydrogen-bond acceptors (Lipinski definition) is 3. The second-order valence-corrected chi connectivity index (χ2v) is 8.35. The van der Waals surface area contributed by atoms with Gasteiger partial charge in [-0.15, -0.1) is 0 Å². The summed E-state index contributed by atoms with van der Waals surface area (Å²) in [5, 5.41) is 2.97. The highest BCUT2D eigenvalue weighted by atomic mass is 32.2. The van der Waals surface area contributed by atoms with E-state index in [1.807, 2.05) is 38.1 Å². The van der Waals surface area contributed by atoms with E-state index >= 15 is 0 Å². The molecule has 2 aromatic carbocycles. The number of hydrogen-bond donors (Lipinski definition) is 1. The van der Waals surface area contributed by atoms with Gasteiger partial charge in [-0.05, 0) is 50.1 Å². The van der Waals surface area contributed by atoms with Gasteiger partial charge in [-0.3, -0.25) is 9.10 Å². The lowest BCUT2D eigenvalue weighted by atomic mass is 10.1. The number of rotatable bonds is 5. The van der Waals surface area contributed by atoms with E-state index in [0.29, 0.717) is 11.3 Å². The van der Waals surface area contributed by atoms with Crippen LogP contribution >= 0.6 is 0 Å². The first-order chi connectivity index (χ1) is 11.6. The van der Waals surface area contributed by atoms with E-state index in [1.165, 1.54) is 16.9 Å². The van der Waals surface area contributed by atoms with Gasteiger partial charge in [0.05, 0.1) is 18.0 Å². The summed E-state index contributed by atoms with van der Waals surface area (Å²) in [5.41, 5.74) is 3.99. The summed E-state index contributed by atoms with van der Waals surface area (Å²) in [6.45, 7) is 5.74. The highest BCUT2D eigenvalue weighted by Gasteiger charge is 2.17. The van der Waals surface area contributed by atoms with E-state index in [2.05, 4.69) is 5.32 Å². The molecular formula is C19H24N2O3S. The quantitative estimate of drug-likeness (QED) is 0.890. The van der Waals surface area contributed by atoms with Gasteiger partial charge in [-0.2, -0.15) is 0 Å². The number of amides is 1. The lowest BCUT2D eigenvalue weighted by Gasteiger charge is -2.20. The number of anilines is 1. The van der Waals surface area contributed by atoms with Crippen LogP contribution in [0.5, 0.6) is 0 Å². The first-order valence-electron chi connectivity index (χ1n) is 8.01. The molecule has 0 aliphatic rings. The average molecular weight is 360 g/mol. The zero-order valence-corrected chi connectivity index (χ0v) is 16.0. The van der Waals surface area contributed by atoms with E-state index in [9.17, 15) is 13.2 Å². The third kappa shape index (κ3) is 4.60. The van der Waals surface area contributed by atoms with Gasteiger partial charge in [0.15, 0.2) is 0 Å². The molecule has 1 N–H and O–H groups in total. The lowest BCUT2D eigenvalue weighted by molar-refractivity contribution is 0.0940. The van der Waals surface area contributed by atoms with Crippen LogP contribution in [0.1, 0.15) is 40.0 Å². The van der Waals surface area contributed by atoms with Gasteiger partial charge >= 0.3 is 0 Å². The largest absolute Gasteiger partial charge is 0.346 e. The second kappa shape index (κ2) is 7.27. The molecule has 2 rings (SSSR count). The number of carbonyl (C=O) groups excluding carboxylic acids is 1. The minimum absolute atomic E-state index is 0.119. The van der Waals surface area contributed by atoms with E-state index in [0.717, 1.165) is 17.4 Å². The molecule has 0 heterocycles. The van der Waals surface area contributed by atoms with Crippen LogP contribution in [0.25, 0.3) is 0 Å². The molecule has 6 heteroatoms. The Balaban J connectivity index is 2.17. The molecule has 0 aromatic heterocycles. The lowest BCUT2D eigenvalue weighted by Crippen LogP contribution is -2.28. The molecule has 0 bridgehead atoms. The Morgan fingerprint density at radius 2 is 1.68 bits per heavy atom. The van der Waals surface area contributed by atoms with Crippen LogP contribution in [0.2, 0.25) is 0 Å². The highest BCUT2D eigenvalue weighted by Crippen LogP contribution is 2.22. The fourth-order valence-corrected chi connectivity index (χ4v) is 3.11. The van der Waals surface area contributed by atoms with Crippen molar-refractivity contribution in [3.63, 3.8) is 0 Å². The molecule has 0 spiro atoms. The summed E-state index contributed by atoms with van der Waals surface area (Å²) in [6.07, 6.45) is 1.15. The van der Waals surface area contributed by atoms with Crippen LogP contribution < -0.4 is 9.62 Å². The average Bonchev–Trinajstić information content (AvgIpc) is 2.53. The van der Waals surface area contributed by atoms with Crippen LogP contribution in [-0.2, 0) is 10.0 Å². The maximum Gasteiger partial charge on any atom is 0.251 e. The van der Waals surface area contributed by atoms with Crippen LogP contribution in [-0.4, -0.2) is 27.6 Å². The molecule has 0 fully saturated rings. The highest BCUT2D eigenvalue weighted by molar-refractivity contribution is 7.92. The molecule has 0 saturated carbocycles. The fraction of sp³-hybridized carbons (Fsp3) is 0.316. The van der Waals surface area contributed by atoms with Gasteiger partial charge in [-0.25, -0.2) is 8.42 Å². The Morgan fingerprint density at radius 3 is 2.20 bits per heavy atom. The van der Waals surface area contributed by atoms with Crippen molar-refractivity contribution in [2.45, 2.75) is 26.8 Å². The zero-order chi connectivity index (χ0) is 18.8. The minimum atomic E-state index is -3.34. The Kier molecular flexibility index (Phi) is 5.52. The molecule has 1 atom stereocenters. The smallest absolute Gasteiger partial charge is 0.251 e. The molecule has 134 valence electrons. The fourth-order valence-electron chi connectivity index (χ4n) is 2.55. The van der Waals surface area contributed by atoms with Crippen LogP contribution in [0, 0.1) is 13.8 Å². The van der Waals surface area contributed by atoms with Gasteiger partial charge in [0, 0.05) is 12.6 Å². The predicted octanol–water partition coefficient (Wildman–Crippen LogP) is 3.19. The normalized spacial score (nSPS) is 12.5. The Hall–Kier alpha value is -2.34. The summed E-state index contributed by atoms with van der Waals surface area (Å²) < 4.78 is 24.6. The second-order valence-electron chi connectivity index (χ2n) is 6.34. The number of sulfonamides is 1. The van der Waals surface area contributed by atoms with Crippen molar-refractivity contribution in [3.8, 4) is 0 Å². The topological polar surface area (TPSA) is 66.5 Å². The van der Waals surface area contributed by atoms with Gasteiger partial charge < -0.3 is 5.32 Å². The first-order valence-corrected chi connectivity index (χ1v) is 9.86. The Bertz CT molecular complexity index is 874. The predicted molar refractivity (Wildman–Crippen MR) is 101 cm³/mol. The molecule has 0 radical (unpaired) electrons. The molecule has 0 aliphatic carbocycles. The van der Waals surface area contributed by atoms with E-state index in [4.69, 9.17) is 0 Å². The molecule has 25 heavy (non-hydrogen) atoms. The maximum absolute atomic E-state index is 12.5. The molecule has 0 saturated heterocycles. The van der Waals surface area contributed by atoms with E-state index in [-0.39, 0.29) is 11.9 Å². The van der Waals surface area contributed by atoms with Crippen LogP contribution in [0.4, 0.5) is 5.69 Å². The number of nitrogens with one attached hydrogen (secondary N) is 1. The molecular weight excluding hydrogens is 336 g/mol. The van der Waals surface area contributed by atoms with Gasteiger partial charge in [0.25, 0.3) is 5.91 Å². The third-order valence-electron chi connectivity index (χ3n) is 4.22. The SMILES string of the molecule is Cc1ccc([C@H](C)NC(=O)c2ccc(N(C)S(C)(=O)=O)c(C)c2)cc1. The van der Waals surface area contributed by atoms with Gasteiger partial charge in [0.2, 0.25) is 10.0 Å². The van der Waals surface area contributed by atoms with Crippen molar-refractivity contribution in [3.05, 3.63) is 64.7 Å². The number of benzene rings is 2. The van der Waals surface area contributed by atoms with E-state index in [1.54, 1.807) is 25.1 Å². The van der Waals surface area contributed by atoms with Crippen molar-refractivity contribution < 1.29 is 13.2 Å². The van der Waals surface area contributed by atoms with Crippen molar-refractivity contribution in [2.75, 3.05) is 17.6 Å². The summed E-state index contributed by atoms with van der Waals surface area (Å²) in [6, 6.07) is 12.9. The standard InChI is InChI=1S/C19H24N2O3S/c1-13-6-8-16(9-7-13)15(3)20-19(22)17-10-11-18(14(2)12-17)21(4)25(5,23)24/h6-12,15H,1-5H3,(H,20,22)/t15-/m0/s1. The summed E-state index contributed by atoms with van der Waals surface area (Å²) in [5.74, 6) is -0.190. The minimum Gasteiger partial charge on any atom is -0.346 e. The summed E-state index contributed by atoms with van der Waals surface area (Å²) >= 11 is 0. The Morgan fingerprint density at radius 1 is 1.08 bits per heavy atom. The van der Waals surface area contributed by atoms with Crippen molar-refractivity contribution in [1.82, 2.24) is 5.32 Å². The molecule has 2 aromatic rings. The van der Waals surface area contributed by atoms with Crippen LogP contribution in [0.15, 0.2) is 42.5 Å². The maximum atomic E-state index is 12.5. The van der Waals surface area contributed by atoms with Gasteiger partial charge in [-0.1, -0.05) is 29.8 Å².